The zero-order valence-corrected chi connectivity index (χ0v) is 13.7. The number of nitrogens with zero attached hydrogens (tertiary/aromatic N) is 1. The van der Waals surface area contributed by atoms with Gasteiger partial charge in [-0.3, -0.25) is 19.7 Å². The second-order valence-electron chi connectivity index (χ2n) is 5.54. The van der Waals surface area contributed by atoms with Gasteiger partial charge in [0.25, 0.3) is 5.69 Å². The highest BCUT2D eigenvalue weighted by molar-refractivity contribution is 5.87. The van der Waals surface area contributed by atoms with E-state index in [-0.39, 0.29) is 36.5 Å². The number of nitro groups is 1. The maximum atomic E-state index is 11.6. The molecule has 0 radical (unpaired) electrons. The Balaban J connectivity index is 2.30. The van der Waals surface area contributed by atoms with Crippen LogP contribution in [0.5, 0.6) is 0 Å². The highest BCUT2D eigenvalue weighted by atomic mass is 16.6. The van der Waals surface area contributed by atoms with Crippen LogP contribution in [0.1, 0.15) is 13.8 Å². The molecule has 0 heterocycles. The number of nitrogens with one attached hydrogen (secondary N) is 3. The van der Waals surface area contributed by atoms with Crippen LogP contribution in [0.3, 0.4) is 0 Å². The van der Waals surface area contributed by atoms with Gasteiger partial charge >= 0.3 is 0 Å². The molecule has 9 nitrogen and oxygen atoms in total. The van der Waals surface area contributed by atoms with E-state index in [9.17, 15) is 19.7 Å². The standard InChI is InChI=1S/C15H23N5O4/c1-10(2)14(16)15(22)19-9-13(21)18-8-7-17-11-5-3-4-6-12(11)20(23)24/h3-6,10,14,17H,7-9,16H2,1-2H3,(H,18,21)(H,19,22)/t14-/m0/s1. The van der Waals surface area contributed by atoms with Crippen LogP contribution in [0, 0.1) is 16.0 Å². The van der Waals surface area contributed by atoms with Crippen molar-refractivity contribution in [2.24, 2.45) is 11.7 Å². The number of benzene rings is 1. The molecule has 132 valence electrons. The lowest BCUT2D eigenvalue weighted by molar-refractivity contribution is -0.384. The smallest absolute Gasteiger partial charge is 0.292 e. The maximum Gasteiger partial charge on any atom is 0.292 e. The monoisotopic (exact) mass is 337 g/mol. The highest BCUT2D eigenvalue weighted by Crippen LogP contribution is 2.22. The van der Waals surface area contributed by atoms with Gasteiger partial charge in [-0.25, -0.2) is 0 Å². The van der Waals surface area contributed by atoms with Gasteiger partial charge in [-0.1, -0.05) is 26.0 Å². The molecule has 0 aliphatic rings. The minimum Gasteiger partial charge on any atom is -0.378 e. The summed E-state index contributed by atoms with van der Waals surface area (Å²) in [4.78, 5) is 33.6. The molecule has 0 spiro atoms. The Bertz CT molecular complexity index is 591. The van der Waals surface area contributed by atoms with Crippen LogP contribution in [-0.4, -0.2) is 42.4 Å². The summed E-state index contributed by atoms with van der Waals surface area (Å²) < 4.78 is 0. The van der Waals surface area contributed by atoms with Gasteiger partial charge in [0.2, 0.25) is 11.8 Å². The molecule has 0 bridgehead atoms. The Morgan fingerprint density at radius 3 is 2.50 bits per heavy atom. The van der Waals surface area contributed by atoms with Gasteiger partial charge in [-0.05, 0) is 12.0 Å². The molecule has 1 atom stereocenters. The summed E-state index contributed by atoms with van der Waals surface area (Å²) in [7, 11) is 0. The van der Waals surface area contributed by atoms with Crippen molar-refractivity contribution >= 4 is 23.2 Å². The van der Waals surface area contributed by atoms with Gasteiger partial charge in [0.05, 0.1) is 17.5 Å². The van der Waals surface area contributed by atoms with E-state index in [4.69, 9.17) is 5.73 Å². The largest absolute Gasteiger partial charge is 0.378 e. The number of hydrogen-bond acceptors (Lipinski definition) is 6. The number of rotatable bonds is 9. The molecule has 0 unspecified atom stereocenters. The molecule has 0 saturated carbocycles. The van der Waals surface area contributed by atoms with Gasteiger partial charge in [0.1, 0.15) is 5.69 Å². The Morgan fingerprint density at radius 1 is 1.21 bits per heavy atom. The van der Waals surface area contributed by atoms with Crippen LogP contribution >= 0.6 is 0 Å². The topological polar surface area (TPSA) is 139 Å². The number of nitrogens with two attached hydrogens (primary N) is 1. The van der Waals surface area contributed by atoms with Crippen LogP contribution in [0.25, 0.3) is 0 Å². The van der Waals surface area contributed by atoms with Crippen molar-refractivity contribution < 1.29 is 14.5 Å². The van der Waals surface area contributed by atoms with Crippen LogP contribution in [0.2, 0.25) is 0 Å². The second-order valence-corrected chi connectivity index (χ2v) is 5.54. The summed E-state index contributed by atoms with van der Waals surface area (Å²) in [6, 6.07) is 5.59. The fourth-order valence-electron chi connectivity index (χ4n) is 1.83. The van der Waals surface area contributed by atoms with E-state index in [0.717, 1.165) is 0 Å². The third kappa shape index (κ3) is 6.21. The first kappa shape index (κ1) is 19.4. The molecule has 0 fully saturated rings. The van der Waals surface area contributed by atoms with E-state index in [1.165, 1.54) is 6.07 Å². The number of para-hydroxylation sites is 2. The lowest BCUT2D eigenvalue weighted by atomic mass is 10.1. The molecule has 2 amide bonds. The summed E-state index contributed by atoms with van der Waals surface area (Å²) >= 11 is 0. The van der Waals surface area contributed by atoms with Gasteiger partial charge in [-0.15, -0.1) is 0 Å². The minimum absolute atomic E-state index is 0.0149. The average Bonchev–Trinajstić information content (AvgIpc) is 2.55. The molecule has 1 rings (SSSR count). The fourth-order valence-corrected chi connectivity index (χ4v) is 1.83. The molecule has 0 aromatic heterocycles. The highest BCUT2D eigenvalue weighted by Gasteiger charge is 2.17. The summed E-state index contributed by atoms with van der Waals surface area (Å²) in [5.74, 6) is -0.749. The van der Waals surface area contributed by atoms with Crippen LogP contribution < -0.4 is 21.7 Å². The van der Waals surface area contributed by atoms with Crippen molar-refractivity contribution in [1.29, 1.82) is 0 Å². The van der Waals surface area contributed by atoms with E-state index < -0.39 is 11.0 Å². The molecule has 1 aromatic rings. The predicted molar refractivity (Wildman–Crippen MR) is 90.4 cm³/mol. The molecule has 1 aromatic carbocycles. The molecule has 0 aliphatic carbocycles. The summed E-state index contributed by atoms with van der Waals surface area (Å²) in [5, 5.41) is 18.8. The van der Waals surface area contributed by atoms with Crippen molar-refractivity contribution in [2.45, 2.75) is 19.9 Å². The Morgan fingerprint density at radius 2 is 1.88 bits per heavy atom. The first-order chi connectivity index (χ1) is 11.3. The first-order valence-corrected chi connectivity index (χ1v) is 7.60. The zero-order chi connectivity index (χ0) is 18.1. The average molecular weight is 337 g/mol. The molecule has 24 heavy (non-hydrogen) atoms. The normalized spacial score (nSPS) is 11.7. The molecule has 5 N–H and O–H groups in total. The molecule has 0 aliphatic heterocycles. The summed E-state index contributed by atoms with van der Waals surface area (Å²) in [6.07, 6.45) is 0. The number of anilines is 1. The van der Waals surface area contributed by atoms with Crippen LogP contribution in [-0.2, 0) is 9.59 Å². The fraction of sp³-hybridized carbons (Fsp3) is 0.467. The van der Waals surface area contributed by atoms with E-state index in [1.54, 1.807) is 18.2 Å². The number of carbonyl (C=O) groups excluding carboxylic acids is 2. The van der Waals surface area contributed by atoms with E-state index >= 15 is 0 Å². The quantitative estimate of drug-likeness (QED) is 0.289. The van der Waals surface area contributed by atoms with Gasteiger partial charge in [0.15, 0.2) is 0 Å². The van der Waals surface area contributed by atoms with Gasteiger partial charge in [-0.2, -0.15) is 0 Å². The van der Waals surface area contributed by atoms with E-state index in [2.05, 4.69) is 16.0 Å². The van der Waals surface area contributed by atoms with Crippen molar-refractivity contribution in [1.82, 2.24) is 10.6 Å². The Labute approximate surface area is 140 Å². The van der Waals surface area contributed by atoms with Crippen molar-refractivity contribution in [3.05, 3.63) is 34.4 Å². The molecule has 0 saturated heterocycles. The van der Waals surface area contributed by atoms with Crippen LogP contribution in [0.4, 0.5) is 11.4 Å². The third-order valence-corrected chi connectivity index (χ3v) is 3.31. The SMILES string of the molecule is CC(C)[C@H](N)C(=O)NCC(=O)NCCNc1ccccc1[N+](=O)[O-]. The van der Waals surface area contributed by atoms with Gasteiger partial charge < -0.3 is 21.7 Å². The summed E-state index contributed by atoms with van der Waals surface area (Å²) in [6.45, 7) is 4.05. The summed E-state index contributed by atoms with van der Waals surface area (Å²) in [5.41, 5.74) is 6.02. The molecular formula is C15H23N5O4. The number of carbonyl (C=O) groups is 2. The van der Waals surface area contributed by atoms with Crippen LogP contribution in [0.15, 0.2) is 24.3 Å². The zero-order valence-electron chi connectivity index (χ0n) is 13.7. The maximum absolute atomic E-state index is 11.6. The van der Waals surface area contributed by atoms with Crippen molar-refractivity contribution in [3.63, 3.8) is 0 Å². The van der Waals surface area contributed by atoms with Crippen molar-refractivity contribution in [2.75, 3.05) is 25.0 Å². The Kier molecular flexibility index (Phi) is 7.63. The predicted octanol–water partition coefficient (Wildman–Crippen LogP) is 0.222. The van der Waals surface area contributed by atoms with E-state index in [0.29, 0.717) is 12.2 Å². The Hall–Kier alpha value is -2.68. The minimum atomic E-state index is -0.655. The number of nitro benzene ring substituents is 1. The van der Waals surface area contributed by atoms with Crippen molar-refractivity contribution in [3.8, 4) is 0 Å². The second kappa shape index (κ2) is 9.46. The first-order valence-electron chi connectivity index (χ1n) is 7.60. The third-order valence-electron chi connectivity index (χ3n) is 3.31. The molecule has 9 heteroatoms. The number of hydrogen-bond donors (Lipinski definition) is 4. The van der Waals surface area contributed by atoms with E-state index in [1.807, 2.05) is 13.8 Å². The molecular weight excluding hydrogens is 314 g/mol. The lowest BCUT2D eigenvalue weighted by Gasteiger charge is -2.15. The van der Waals surface area contributed by atoms with Gasteiger partial charge in [0, 0.05) is 19.2 Å². The lowest BCUT2D eigenvalue weighted by Crippen LogP contribution is -2.47. The number of amides is 2.